The number of thiazole rings is 1. The van der Waals surface area contributed by atoms with Crippen molar-refractivity contribution in [3.05, 3.63) is 61.3 Å². The molecule has 1 N–H and O–H groups in total. The van der Waals surface area contributed by atoms with Crippen LogP contribution in [0.5, 0.6) is 0 Å². The quantitative estimate of drug-likeness (QED) is 0.633. The van der Waals surface area contributed by atoms with E-state index < -0.39 is 17.6 Å². The van der Waals surface area contributed by atoms with Gasteiger partial charge in [0.15, 0.2) is 0 Å². The van der Waals surface area contributed by atoms with Gasteiger partial charge in [0.2, 0.25) is 5.91 Å². The van der Waals surface area contributed by atoms with Gasteiger partial charge in [-0.15, -0.1) is 0 Å². The highest BCUT2D eigenvalue weighted by Crippen LogP contribution is 2.34. The minimum atomic E-state index is -4.55. The lowest BCUT2D eigenvalue weighted by molar-refractivity contribution is -0.137. The summed E-state index contributed by atoms with van der Waals surface area (Å²) < 4.78 is 41.8. The van der Waals surface area contributed by atoms with Crippen LogP contribution in [0.25, 0.3) is 5.69 Å². The fourth-order valence-corrected chi connectivity index (χ4v) is 3.68. The van der Waals surface area contributed by atoms with Gasteiger partial charge in [0.05, 0.1) is 22.0 Å². The van der Waals surface area contributed by atoms with E-state index >= 15 is 0 Å². The monoisotopic (exact) mass is 444 g/mol. The Bertz CT molecular complexity index is 1120. The molecule has 154 valence electrons. The highest BCUT2D eigenvalue weighted by atomic mass is 35.5. The number of nitrogens with zero attached hydrogens (tertiary/aromatic N) is 3. The number of amides is 1. The molecule has 0 unspecified atom stereocenters. The number of halogens is 4. The minimum absolute atomic E-state index is 0.00482. The van der Waals surface area contributed by atoms with Crippen LogP contribution < -0.4 is 10.2 Å². The molecule has 1 aromatic carbocycles. The number of rotatable bonds is 5. The van der Waals surface area contributed by atoms with Gasteiger partial charge in [-0.05, 0) is 32.0 Å². The van der Waals surface area contributed by atoms with E-state index in [4.69, 9.17) is 11.6 Å². The van der Waals surface area contributed by atoms with E-state index in [0.29, 0.717) is 5.69 Å². The maximum Gasteiger partial charge on any atom is 0.416 e. The van der Waals surface area contributed by atoms with Gasteiger partial charge < -0.3 is 9.88 Å². The van der Waals surface area contributed by atoms with Crippen molar-refractivity contribution in [3.8, 4) is 5.69 Å². The van der Waals surface area contributed by atoms with E-state index in [0.717, 1.165) is 39.9 Å². The first-order valence-corrected chi connectivity index (χ1v) is 9.70. The number of aryl methyl sites for hydroxylation is 2. The summed E-state index contributed by atoms with van der Waals surface area (Å²) in [6, 6.07) is 4.41. The lowest BCUT2D eigenvalue weighted by Gasteiger charge is -2.13. The summed E-state index contributed by atoms with van der Waals surface area (Å²) in [6.45, 7) is 3.60. The maximum absolute atomic E-state index is 13.1. The predicted molar refractivity (Wildman–Crippen MR) is 105 cm³/mol. The van der Waals surface area contributed by atoms with Crippen molar-refractivity contribution in [2.24, 2.45) is 0 Å². The molecule has 0 aliphatic heterocycles. The molecular formula is C18H16ClF3N4O2S. The van der Waals surface area contributed by atoms with Gasteiger partial charge in [-0.25, -0.2) is 4.68 Å². The molecule has 29 heavy (non-hydrogen) atoms. The van der Waals surface area contributed by atoms with Crippen molar-refractivity contribution >= 4 is 34.7 Å². The average molecular weight is 445 g/mol. The van der Waals surface area contributed by atoms with Crippen LogP contribution in [0, 0.1) is 13.8 Å². The normalized spacial score (nSPS) is 11.7. The summed E-state index contributed by atoms with van der Waals surface area (Å²) in [5.41, 5.74) is 0.354. The van der Waals surface area contributed by atoms with Crippen LogP contribution in [-0.2, 0) is 17.5 Å². The second-order valence-electron chi connectivity index (χ2n) is 6.34. The van der Waals surface area contributed by atoms with Crippen LogP contribution in [0.3, 0.4) is 0 Å². The summed E-state index contributed by atoms with van der Waals surface area (Å²) in [4.78, 5) is 23.9. The van der Waals surface area contributed by atoms with Crippen LogP contribution in [0.4, 0.5) is 19.0 Å². The van der Waals surface area contributed by atoms with Gasteiger partial charge in [-0.3, -0.25) is 9.59 Å². The molecule has 0 saturated heterocycles. The van der Waals surface area contributed by atoms with Crippen LogP contribution in [0.1, 0.15) is 23.4 Å². The first kappa shape index (κ1) is 21.1. The molecule has 11 heteroatoms. The Labute approximate surface area is 172 Å². The summed E-state index contributed by atoms with van der Waals surface area (Å²) in [6.07, 6.45) is -4.53. The molecule has 0 atom stereocenters. The predicted octanol–water partition coefficient (Wildman–Crippen LogP) is 4.41. The maximum atomic E-state index is 13.1. The molecule has 3 aromatic rings. The zero-order valence-corrected chi connectivity index (χ0v) is 17.0. The minimum Gasteiger partial charge on any atom is -0.311 e. The van der Waals surface area contributed by atoms with E-state index in [9.17, 15) is 22.8 Å². The van der Waals surface area contributed by atoms with Gasteiger partial charge in [0.25, 0.3) is 0 Å². The van der Waals surface area contributed by atoms with Crippen molar-refractivity contribution in [1.82, 2.24) is 14.3 Å². The number of alkyl halides is 3. The number of anilines is 1. The van der Waals surface area contributed by atoms with E-state index in [1.807, 2.05) is 0 Å². The fourth-order valence-electron chi connectivity index (χ4n) is 2.72. The summed E-state index contributed by atoms with van der Waals surface area (Å²) in [7, 11) is 0. The standard InChI is InChI=1S/C18H16ClF3N4O2S/c1-10-7-15(23-16(27)5-6-25-11(2)9-29-17(25)28)26(24-10)14-8-12(18(20,21)22)3-4-13(14)19/h3-4,7-9H,5-6H2,1-2H3,(H,23,27). The number of carbonyl (C=O) groups is 1. The zero-order valence-electron chi connectivity index (χ0n) is 15.4. The molecule has 0 aliphatic carbocycles. The molecule has 2 heterocycles. The molecule has 1 amide bonds. The van der Waals surface area contributed by atoms with E-state index in [-0.39, 0.29) is 34.4 Å². The van der Waals surface area contributed by atoms with Crippen molar-refractivity contribution in [2.45, 2.75) is 33.0 Å². The third kappa shape index (κ3) is 4.70. The first-order chi connectivity index (χ1) is 13.6. The average Bonchev–Trinajstić information content (AvgIpc) is 3.14. The van der Waals surface area contributed by atoms with Crippen molar-refractivity contribution in [2.75, 3.05) is 5.32 Å². The lowest BCUT2D eigenvalue weighted by Crippen LogP contribution is -2.21. The lowest BCUT2D eigenvalue weighted by atomic mass is 10.2. The van der Waals surface area contributed by atoms with Gasteiger partial charge >= 0.3 is 11.0 Å². The highest BCUT2D eigenvalue weighted by molar-refractivity contribution is 7.07. The topological polar surface area (TPSA) is 68.9 Å². The number of nitrogens with one attached hydrogen (secondary N) is 1. The van der Waals surface area contributed by atoms with Crippen molar-refractivity contribution < 1.29 is 18.0 Å². The first-order valence-electron chi connectivity index (χ1n) is 8.45. The van der Waals surface area contributed by atoms with Crippen LogP contribution in [0.15, 0.2) is 34.4 Å². The Morgan fingerprint density at radius 2 is 2.00 bits per heavy atom. The molecule has 3 rings (SSSR count). The Morgan fingerprint density at radius 1 is 1.28 bits per heavy atom. The van der Waals surface area contributed by atoms with E-state index in [1.54, 1.807) is 19.2 Å². The number of hydrogen-bond acceptors (Lipinski definition) is 4. The molecule has 2 aromatic heterocycles. The molecule has 0 fully saturated rings. The van der Waals surface area contributed by atoms with Gasteiger partial charge in [0, 0.05) is 30.1 Å². The Morgan fingerprint density at radius 3 is 2.62 bits per heavy atom. The Kier molecular flexibility index (Phi) is 5.85. The highest BCUT2D eigenvalue weighted by Gasteiger charge is 2.31. The number of aromatic nitrogens is 3. The third-order valence-corrected chi connectivity index (χ3v) is 5.34. The zero-order chi connectivity index (χ0) is 21.3. The molecule has 0 saturated carbocycles. The summed E-state index contributed by atoms with van der Waals surface area (Å²) >= 11 is 7.13. The SMILES string of the molecule is Cc1cc(NC(=O)CCn2c(C)csc2=O)n(-c2cc(C(F)(F)F)ccc2Cl)n1. The smallest absolute Gasteiger partial charge is 0.311 e. The van der Waals surface area contributed by atoms with Crippen LogP contribution in [0.2, 0.25) is 5.02 Å². The molecular weight excluding hydrogens is 429 g/mol. The molecule has 0 spiro atoms. The number of hydrogen-bond donors (Lipinski definition) is 1. The second kappa shape index (κ2) is 8.03. The Balaban J connectivity index is 1.84. The van der Waals surface area contributed by atoms with Gasteiger partial charge in [0.1, 0.15) is 5.82 Å². The number of carbonyl (C=O) groups excluding carboxylic acids is 1. The number of benzene rings is 1. The van der Waals surface area contributed by atoms with Crippen LogP contribution in [-0.4, -0.2) is 20.3 Å². The fraction of sp³-hybridized carbons (Fsp3) is 0.278. The Hall–Kier alpha value is -2.59. The van der Waals surface area contributed by atoms with Gasteiger partial charge in [-0.1, -0.05) is 22.9 Å². The molecule has 0 bridgehead atoms. The van der Waals surface area contributed by atoms with Crippen molar-refractivity contribution in [3.63, 3.8) is 0 Å². The van der Waals surface area contributed by atoms with E-state index in [1.165, 1.54) is 10.6 Å². The summed E-state index contributed by atoms with van der Waals surface area (Å²) in [5, 5.41) is 8.53. The molecule has 6 nitrogen and oxygen atoms in total. The summed E-state index contributed by atoms with van der Waals surface area (Å²) in [5.74, 6) is -0.227. The van der Waals surface area contributed by atoms with E-state index in [2.05, 4.69) is 10.4 Å². The van der Waals surface area contributed by atoms with Crippen LogP contribution >= 0.6 is 22.9 Å². The molecule has 0 radical (unpaired) electrons. The van der Waals surface area contributed by atoms with Crippen molar-refractivity contribution in [1.29, 1.82) is 0 Å². The third-order valence-electron chi connectivity index (χ3n) is 4.14. The molecule has 0 aliphatic rings. The second-order valence-corrected chi connectivity index (χ2v) is 7.57. The van der Waals surface area contributed by atoms with Gasteiger partial charge in [-0.2, -0.15) is 18.3 Å². The largest absolute Gasteiger partial charge is 0.416 e.